The highest BCUT2D eigenvalue weighted by atomic mass is 32.2. The molecule has 270 valence electrons. The molecule has 2 fully saturated rings. The standard InChI is InChI=1S/C40H48N4O6S/c1-25(2)43-16-15-34(40(46)42-17-19-50-20-18-42)37(43)30-21-29-22-31(49-5)12-14-32(29)38-36(27-9-7-6-8-10-27)33-13-11-28(23-35(33)44(38)24-30)39(45)41-51(47,48)26(3)4/h11-16,21-23,25-27H,6-10,17-20,24H2,1-5H3,(H,41,45). The molecule has 2 amide bonds. The number of hydrogen-bond donors (Lipinski definition) is 1. The smallest absolute Gasteiger partial charge is 0.264 e. The molecule has 1 N–H and O–H groups in total. The average molecular weight is 713 g/mol. The van der Waals surface area contributed by atoms with Crippen LogP contribution in [0, 0.1) is 0 Å². The molecular formula is C40H48N4O6S. The Labute approximate surface area is 300 Å². The van der Waals surface area contributed by atoms with Crippen molar-refractivity contribution in [3.63, 3.8) is 0 Å². The first-order valence-electron chi connectivity index (χ1n) is 18.2. The van der Waals surface area contributed by atoms with E-state index in [0.717, 1.165) is 70.4 Å². The van der Waals surface area contributed by atoms with Gasteiger partial charge in [-0.25, -0.2) is 13.1 Å². The molecule has 2 aromatic heterocycles. The molecular weight excluding hydrogens is 665 g/mol. The summed E-state index contributed by atoms with van der Waals surface area (Å²) in [6, 6.07) is 13.8. The minimum absolute atomic E-state index is 0.0190. The van der Waals surface area contributed by atoms with E-state index in [-0.39, 0.29) is 17.5 Å². The summed E-state index contributed by atoms with van der Waals surface area (Å²) < 4.78 is 43.5. The van der Waals surface area contributed by atoms with Gasteiger partial charge in [-0.1, -0.05) is 25.3 Å². The number of benzene rings is 2. The van der Waals surface area contributed by atoms with Crippen LogP contribution in [0.2, 0.25) is 0 Å². The van der Waals surface area contributed by atoms with E-state index < -0.39 is 21.2 Å². The van der Waals surface area contributed by atoms with Gasteiger partial charge in [0.15, 0.2) is 0 Å². The minimum atomic E-state index is -3.83. The summed E-state index contributed by atoms with van der Waals surface area (Å²) in [7, 11) is -2.16. The van der Waals surface area contributed by atoms with Crippen molar-refractivity contribution in [1.82, 2.24) is 18.8 Å². The fourth-order valence-corrected chi connectivity index (χ4v) is 8.57. The lowest BCUT2D eigenvalue weighted by Gasteiger charge is -2.27. The van der Waals surface area contributed by atoms with Crippen LogP contribution in [0.4, 0.5) is 0 Å². The number of morpholine rings is 1. The number of sulfonamides is 1. The third kappa shape index (κ3) is 6.50. The van der Waals surface area contributed by atoms with Crippen molar-refractivity contribution < 1.29 is 27.5 Å². The van der Waals surface area contributed by atoms with Gasteiger partial charge < -0.3 is 23.5 Å². The Kier molecular flexibility index (Phi) is 9.62. The first-order chi connectivity index (χ1) is 24.5. The SMILES string of the molecule is COc1ccc2c(c1)C=C(c1c(C(=O)N3CCOCC3)ccn1C(C)C)Cn1c-2c(C2CCCCC2)c2ccc(C(=O)NS(=O)(=O)C(C)C)cc21. The maximum absolute atomic E-state index is 14.2. The van der Waals surface area contributed by atoms with Crippen molar-refractivity contribution in [3.05, 3.63) is 76.6 Å². The Balaban J connectivity index is 1.47. The van der Waals surface area contributed by atoms with E-state index in [1.165, 1.54) is 12.0 Å². The second kappa shape index (κ2) is 14.0. The largest absolute Gasteiger partial charge is 0.497 e. The number of aromatic nitrogens is 2. The predicted octanol–water partition coefficient (Wildman–Crippen LogP) is 7.24. The second-order valence-corrected chi connectivity index (χ2v) is 16.8. The van der Waals surface area contributed by atoms with Crippen molar-refractivity contribution >= 4 is 44.4 Å². The number of nitrogens with one attached hydrogen (secondary N) is 1. The quantitative estimate of drug-likeness (QED) is 0.206. The lowest BCUT2D eigenvalue weighted by molar-refractivity contribution is 0.0302. The number of hydrogen-bond acceptors (Lipinski definition) is 6. The lowest BCUT2D eigenvalue weighted by atomic mass is 9.81. The van der Waals surface area contributed by atoms with Crippen LogP contribution in [-0.4, -0.2) is 72.9 Å². The van der Waals surface area contributed by atoms with E-state index in [1.807, 2.05) is 35.4 Å². The lowest BCUT2D eigenvalue weighted by Crippen LogP contribution is -2.41. The molecule has 0 radical (unpaired) electrons. The van der Waals surface area contributed by atoms with Crippen LogP contribution in [0.1, 0.15) is 109 Å². The van der Waals surface area contributed by atoms with Crippen LogP contribution < -0.4 is 9.46 Å². The molecule has 11 heteroatoms. The van der Waals surface area contributed by atoms with Gasteiger partial charge in [0.05, 0.1) is 49.1 Å². The van der Waals surface area contributed by atoms with Crippen molar-refractivity contribution in [2.75, 3.05) is 33.4 Å². The van der Waals surface area contributed by atoms with Gasteiger partial charge in [0, 0.05) is 47.4 Å². The molecule has 1 saturated carbocycles. The number of methoxy groups -OCH3 is 1. The van der Waals surface area contributed by atoms with Crippen LogP contribution in [0.15, 0.2) is 48.7 Å². The number of carbonyl (C=O) groups excluding carboxylic acids is 2. The van der Waals surface area contributed by atoms with Crippen LogP contribution in [-0.2, 0) is 21.3 Å². The van der Waals surface area contributed by atoms with Gasteiger partial charge >= 0.3 is 0 Å². The monoisotopic (exact) mass is 712 g/mol. The first kappa shape index (κ1) is 35.1. The molecule has 7 rings (SSSR count). The van der Waals surface area contributed by atoms with E-state index in [9.17, 15) is 18.0 Å². The molecule has 2 aliphatic heterocycles. The van der Waals surface area contributed by atoms with E-state index in [1.54, 1.807) is 27.0 Å². The highest BCUT2D eigenvalue weighted by Crippen LogP contribution is 2.48. The van der Waals surface area contributed by atoms with Crippen molar-refractivity contribution in [2.45, 2.75) is 83.6 Å². The minimum Gasteiger partial charge on any atom is -0.497 e. The second-order valence-electron chi connectivity index (χ2n) is 14.5. The fourth-order valence-electron chi connectivity index (χ4n) is 7.96. The summed E-state index contributed by atoms with van der Waals surface area (Å²) in [5.41, 5.74) is 8.01. The van der Waals surface area contributed by atoms with Crippen LogP contribution in [0.5, 0.6) is 5.75 Å². The maximum Gasteiger partial charge on any atom is 0.264 e. The van der Waals surface area contributed by atoms with Crippen molar-refractivity contribution in [3.8, 4) is 17.0 Å². The molecule has 2 aromatic carbocycles. The van der Waals surface area contributed by atoms with Crippen molar-refractivity contribution in [2.24, 2.45) is 0 Å². The summed E-state index contributed by atoms with van der Waals surface area (Å²) in [5, 5.41) is 0.312. The Morgan fingerprint density at radius 1 is 0.941 bits per heavy atom. The Bertz CT molecular complexity index is 2130. The molecule has 3 aliphatic rings. The Hall–Kier alpha value is -4.35. The van der Waals surface area contributed by atoms with Gasteiger partial charge in [-0.2, -0.15) is 0 Å². The molecule has 10 nitrogen and oxygen atoms in total. The van der Waals surface area contributed by atoms with Crippen LogP contribution >= 0.6 is 0 Å². The van der Waals surface area contributed by atoms with E-state index in [2.05, 4.69) is 45.9 Å². The number of ether oxygens (including phenoxy) is 2. The summed E-state index contributed by atoms with van der Waals surface area (Å²) in [5.74, 6) is 0.395. The molecule has 4 heterocycles. The molecule has 0 atom stereocenters. The molecule has 1 saturated heterocycles. The van der Waals surface area contributed by atoms with Gasteiger partial charge in [-0.3, -0.25) is 9.59 Å². The Morgan fingerprint density at radius 3 is 2.37 bits per heavy atom. The zero-order chi connectivity index (χ0) is 36.0. The predicted molar refractivity (Wildman–Crippen MR) is 201 cm³/mol. The van der Waals surface area contributed by atoms with Gasteiger partial charge in [0.25, 0.3) is 11.8 Å². The van der Waals surface area contributed by atoms with E-state index >= 15 is 0 Å². The highest BCUT2D eigenvalue weighted by Gasteiger charge is 2.33. The number of carbonyl (C=O) groups is 2. The third-order valence-electron chi connectivity index (χ3n) is 10.7. The highest BCUT2D eigenvalue weighted by molar-refractivity contribution is 7.90. The number of allylic oxidation sites excluding steroid dienone is 1. The van der Waals surface area contributed by atoms with Crippen LogP contribution in [0.25, 0.3) is 33.8 Å². The third-order valence-corrected chi connectivity index (χ3v) is 12.4. The van der Waals surface area contributed by atoms with E-state index in [0.29, 0.717) is 44.3 Å². The summed E-state index contributed by atoms with van der Waals surface area (Å²) in [6.07, 6.45) is 9.85. The molecule has 0 spiro atoms. The van der Waals surface area contributed by atoms with Gasteiger partial charge in [0.2, 0.25) is 10.0 Å². The number of fused-ring (bicyclic) bond motifs is 5. The van der Waals surface area contributed by atoms with Crippen molar-refractivity contribution in [1.29, 1.82) is 0 Å². The van der Waals surface area contributed by atoms with E-state index in [4.69, 9.17) is 9.47 Å². The number of nitrogens with zero attached hydrogens (tertiary/aromatic N) is 3. The molecule has 0 unspecified atom stereocenters. The topological polar surface area (TPSA) is 112 Å². The zero-order valence-corrected chi connectivity index (χ0v) is 31.0. The average Bonchev–Trinajstić information content (AvgIpc) is 3.66. The van der Waals surface area contributed by atoms with Gasteiger partial charge in [-0.15, -0.1) is 0 Å². The molecule has 1 aliphatic carbocycles. The maximum atomic E-state index is 14.2. The number of amides is 2. The molecule has 51 heavy (non-hydrogen) atoms. The first-order valence-corrected chi connectivity index (χ1v) is 19.7. The van der Waals surface area contributed by atoms with Gasteiger partial charge in [0.1, 0.15) is 5.75 Å². The summed E-state index contributed by atoms with van der Waals surface area (Å²) in [4.78, 5) is 29.5. The normalized spacial score (nSPS) is 16.9. The molecule has 4 aromatic rings. The van der Waals surface area contributed by atoms with Gasteiger partial charge in [-0.05, 0) is 106 Å². The number of rotatable bonds is 8. The fraction of sp³-hybridized carbons (Fsp3) is 0.450. The Morgan fingerprint density at radius 2 is 1.69 bits per heavy atom. The van der Waals surface area contributed by atoms with Crippen LogP contribution in [0.3, 0.4) is 0 Å². The zero-order valence-electron chi connectivity index (χ0n) is 30.2. The molecule has 0 bridgehead atoms. The summed E-state index contributed by atoms with van der Waals surface area (Å²) >= 11 is 0. The summed E-state index contributed by atoms with van der Waals surface area (Å²) in [6.45, 7) is 9.88.